The van der Waals surface area contributed by atoms with Crippen molar-refractivity contribution in [2.24, 2.45) is 11.0 Å². The third kappa shape index (κ3) is 3.96. The van der Waals surface area contributed by atoms with Gasteiger partial charge in [-0.2, -0.15) is 5.10 Å². The second-order valence-corrected chi connectivity index (χ2v) is 8.17. The number of aryl methyl sites for hydroxylation is 3. The minimum Gasteiger partial charge on any atom is -0.278 e. The van der Waals surface area contributed by atoms with Crippen LogP contribution in [0, 0.1) is 26.7 Å². The zero-order valence-electron chi connectivity index (χ0n) is 18.3. The smallest absolute Gasteiger partial charge is 0.0720 e. The zero-order chi connectivity index (χ0) is 20.4. The van der Waals surface area contributed by atoms with E-state index in [1.807, 2.05) is 0 Å². The third-order valence-corrected chi connectivity index (χ3v) is 6.25. The summed E-state index contributed by atoms with van der Waals surface area (Å²) in [5, 5.41) is 4.91. The first-order chi connectivity index (χ1) is 13.3. The van der Waals surface area contributed by atoms with Gasteiger partial charge in [0.15, 0.2) is 0 Å². The summed E-state index contributed by atoms with van der Waals surface area (Å²) in [6.45, 7) is 15.5. The van der Waals surface area contributed by atoms with Gasteiger partial charge in [-0.1, -0.05) is 66.1 Å². The second-order valence-electron chi connectivity index (χ2n) is 8.17. The molecule has 1 N–H and O–H groups in total. The molecule has 2 heteroatoms. The van der Waals surface area contributed by atoms with Gasteiger partial charge in [-0.3, -0.25) is 5.43 Å². The molecule has 3 rings (SSSR count). The van der Waals surface area contributed by atoms with Crippen molar-refractivity contribution in [2.45, 2.75) is 54.9 Å². The van der Waals surface area contributed by atoms with Crippen LogP contribution in [0.1, 0.15) is 56.4 Å². The number of hydrogen-bond donors (Lipinski definition) is 1. The number of allylic oxidation sites excluding steroid dienone is 4. The normalized spacial score (nSPS) is 17.5. The van der Waals surface area contributed by atoms with Crippen molar-refractivity contribution in [2.75, 3.05) is 5.43 Å². The molecule has 0 fully saturated rings. The van der Waals surface area contributed by atoms with Crippen molar-refractivity contribution in [1.29, 1.82) is 0 Å². The van der Waals surface area contributed by atoms with E-state index in [0.29, 0.717) is 5.92 Å². The minimum absolute atomic E-state index is 0.483. The van der Waals surface area contributed by atoms with Crippen molar-refractivity contribution in [3.63, 3.8) is 0 Å². The molecule has 2 aromatic carbocycles. The summed E-state index contributed by atoms with van der Waals surface area (Å²) >= 11 is 0. The van der Waals surface area contributed by atoms with Gasteiger partial charge in [-0.25, -0.2) is 0 Å². The van der Waals surface area contributed by atoms with Crippen LogP contribution in [0.3, 0.4) is 0 Å². The van der Waals surface area contributed by atoms with Crippen LogP contribution in [0.15, 0.2) is 69.9 Å². The number of anilines is 1. The average Bonchev–Trinajstić information content (AvgIpc) is 2.84. The van der Waals surface area contributed by atoms with E-state index in [1.165, 1.54) is 44.5 Å². The largest absolute Gasteiger partial charge is 0.278 e. The summed E-state index contributed by atoms with van der Waals surface area (Å²) in [5.74, 6) is 0.483. The Morgan fingerprint density at radius 2 is 1.50 bits per heavy atom. The quantitative estimate of drug-likeness (QED) is 0.438. The van der Waals surface area contributed by atoms with Gasteiger partial charge >= 0.3 is 0 Å². The van der Waals surface area contributed by atoms with Crippen LogP contribution < -0.4 is 5.43 Å². The Kier molecular flexibility index (Phi) is 5.88. The number of benzene rings is 2. The molecule has 28 heavy (non-hydrogen) atoms. The molecule has 0 bridgehead atoms. The lowest BCUT2D eigenvalue weighted by atomic mass is 9.91. The van der Waals surface area contributed by atoms with E-state index in [9.17, 15) is 0 Å². The highest BCUT2D eigenvalue weighted by Crippen LogP contribution is 2.39. The summed E-state index contributed by atoms with van der Waals surface area (Å²) < 4.78 is 0. The molecule has 146 valence electrons. The van der Waals surface area contributed by atoms with Crippen LogP contribution in [-0.4, -0.2) is 5.71 Å². The molecule has 0 spiro atoms. The molecule has 1 atom stereocenters. The standard InChI is InChI=1S/C26H32N2/c1-16-13-17(2)26(18(3)14-16)28-27-25(23-11-9-8-10-12-23)15-24-21(6)19(4)20(5)22(24)7/h8-14,21,28H,15H2,1-7H3. The molecule has 0 saturated carbocycles. The Morgan fingerprint density at radius 1 is 0.893 bits per heavy atom. The molecule has 1 unspecified atom stereocenters. The number of hydrazone groups is 1. The van der Waals surface area contributed by atoms with Gasteiger partial charge in [0.05, 0.1) is 11.4 Å². The minimum atomic E-state index is 0.483. The Hall–Kier alpha value is -2.61. The fourth-order valence-electron chi connectivity index (χ4n) is 4.23. The van der Waals surface area contributed by atoms with Crippen molar-refractivity contribution in [1.82, 2.24) is 0 Å². The lowest BCUT2D eigenvalue weighted by Gasteiger charge is -2.16. The van der Waals surface area contributed by atoms with E-state index in [1.54, 1.807) is 0 Å². The van der Waals surface area contributed by atoms with Crippen LogP contribution in [0.4, 0.5) is 5.69 Å². The van der Waals surface area contributed by atoms with Gasteiger partial charge in [-0.05, 0) is 75.3 Å². The highest BCUT2D eigenvalue weighted by molar-refractivity contribution is 6.02. The molecule has 0 aliphatic heterocycles. The van der Waals surface area contributed by atoms with Gasteiger partial charge in [0.1, 0.15) is 0 Å². The Bertz CT molecular complexity index is 952. The lowest BCUT2D eigenvalue weighted by molar-refractivity contribution is 0.798. The van der Waals surface area contributed by atoms with E-state index in [0.717, 1.165) is 17.8 Å². The number of rotatable bonds is 5. The van der Waals surface area contributed by atoms with Crippen molar-refractivity contribution >= 4 is 11.4 Å². The predicted octanol–water partition coefficient (Wildman–Crippen LogP) is 7.12. The van der Waals surface area contributed by atoms with E-state index >= 15 is 0 Å². The van der Waals surface area contributed by atoms with E-state index < -0.39 is 0 Å². The van der Waals surface area contributed by atoms with Crippen LogP contribution in [-0.2, 0) is 0 Å². The van der Waals surface area contributed by atoms with Crippen molar-refractivity contribution in [3.8, 4) is 0 Å². The Labute approximate surface area is 170 Å². The van der Waals surface area contributed by atoms with E-state index in [2.05, 4.69) is 96.4 Å². The molecule has 0 saturated heterocycles. The van der Waals surface area contributed by atoms with Gasteiger partial charge in [0.2, 0.25) is 0 Å². The summed E-state index contributed by atoms with van der Waals surface area (Å²) in [4.78, 5) is 0. The van der Waals surface area contributed by atoms with Crippen LogP contribution in [0.5, 0.6) is 0 Å². The van der Waals surface area contributed by atoms with E-state index in [-0.39, 0.29) is 0 Å². The molecule has 1 aliphatic rings. The van der Waals surface area contributed by atoms with Gasteiger partial charge in [-0.15, -0.1) is 0 Å². The maximum absolute atomic E-state index is 4.91. The zero-order valence-corrected chi connectivity index (χ0v) is 18.3. The number of nitrogens with zero attached hydrogens (tertiary/aromatic N) is 1. The second kappa shape index (κ2) is 8.18. The summed E-state index contributed by atoms with van der Waals surface area (Å²) in [5.41, 5.74) is 16.3. The Morgan fingerprint density at radius 3 is 2.04 bits per heavy atom. The molecule has 0 amide bonds. The Balaban J connectivity index is 1.97. The fraction of sp³-hybridized carbons (Fsp3) is 0.346. The topological polar surface area (TPSA) is 24.4 Å². The molecule has 0 aromatic heterocycles. The SMILES string of the molecule is CC1=C(C)C(C)C(CC(=NNc2c(C)cc(C)cc2C)c2ccccc2)=C1C. The summed E-state index contributed by atoms with van der Waals surface area (Å²) in [7, 11) is 0. The monoisotopic (exact) mass is 372 g/mol. The predicted molar refractivity (Wildman–Crippen MR) is 122 cm³/mol. The van der Waals surface area contributed by atoms with Gasteiger partial charge < -0.3 is 0 Å². The maximum Gasteiger partial charge on any atom is 0.0720 e. The average molecular weight is 373 g/mol. The molecule has 0 heterocycles. The number of hydrogen-bond acceptors (Lipinski definition) is 2. The first kappa shape index (κ1) is 20.1. The molecular weight excluding hydrogens is 340 g/mol. The van der Waals surface area contributed by atoms with Gasteiger partial charge in [0, 0.05) is 6.42 Å². The lowest BCUT2D eigenvalue weighted by Crippen LogP contribution is -2.10. The first-order valence-electron chi connectivity index (χ1n) is 10.1. The molecule has 2 aromatic rings. The van der Waals surface area contributed by atoms with Gasteiger partial charge in [0.25, 0.3) is 0 Å². The first-order valence-corrected chi connectivity index (χ1v) is 10.1. The highest BCUT2D eigenvalue weighted by atomic mass is 15.3. The summed E-state index contributed by atoms with van der Waals surface area (Å²) in [6.07, 6.45) is 0.864. The van der Waals surface area contributed by atoms with E-state index in [4.69, 9.17) is 5.10 Å². The highest BCUT2D eigenvalue weighted by Gasteiger charge is 2.25. The molecule has 0 radical (unpaired) electrons. The van der Waals surface area contributed by atoms with Crippen LogP contribution in [0.2, 0.25) is 0 Å². The van der Waals surface area contributed by atoms with Crippen LogP contribution in [0.25, 0.3) is 0 Å². The summed E-state index contributed by atoms with van der Waals surface area (Å²) in [6, 6.07) is 14.9. The van der Waals surface area contributed by atoms with Crippen molar-refractivity contribution < 1.29 is 0 Å². The molecule has 2 nitrogen and oxygen atoms in total. The van der Waals surface area contributed by atoms with Crippen LogP contribution >= 0.6 is 0 Å². The molecule has 1 aliphatic carbocycles. The van der Waals surface area contributed by atoms with Crippen molar-refractivity contribution in [3.05, 3.63) is 87.0 Å². The molecular formula is C26H32N2. The maximum atomic E-state index is 4.91. The fourth-order valence-corrected chi connectivity index (χ4v) is 4.23. The third-order valence-electron chi connectivity index (χ3n) is 6.25. The number of nitrogens with one attached hydrogen (secondary N) is 1.